The standard InChI is InChI=1S/C25H29NO2/c1-19-6-5-8-21(18-19)22(24(27)28-2)11-15-26-16-13-25(14-17-26)12-10-20-7-3-4-9-23(20)25/h3-10,12,18,22H,11,13-17H2,1-2H3. The first-order valence-corrected chi connectivity index (χ1v) is 10.3. The molecule has 1 aliphatic heterocycles. The maximum atomic E-state index is 12.4. The van der Waals surface area contributed by atoms with E-state index in [1.165, 1.54) is 23.8 Å². The van der Waals surface area contributed by atoms with E-state index in [0.29, 0.717) is 0 Å². The second kappa shape index (κ2) is 7.92. The number of allylic oxidation sites excluding steroid dienone is 1. The lowest BCUT2D eigenvalue weighted by Crippen LogP contribution is -2.41. The Bertz CT molecular complexity index is 878. The molecule has 4 rings (SSSR count). The molecule has 2 aromatic carbocycles. The second-order valence-corrected chi connectivity index (χ2v) is 8.20. The van der Waals surface area contributed by atoms with Gasteiger partial charge in [-0.2, -0.15) is 0 Å². The van der Waals surface area contributed by atoms with Crippen molar-refractivity contribution in [2.45, 2.75) is 37.5 Å². The Balaban J connectivity index is 1.39. The first kappa shape index (κ1) is 18.9. The molecule has 0 bridgehead atoms. The van der Waals surface area contributed by atoms with Gasteiger partial charge >= 0.3 is 5.97 Å². The Hall–Kier alpha value is -2.39. The Morgan fingerprint density at radius 2 is 1.93 bits per heavy atom. The monoisotopic (exact) mass is 375 g/mol. The molecular formula is C25H29NO2. The Morgan fingerprint density at radius 3 is 2.68 bits per heavy atom. The minimum Gasteiger partial charge on any atom is -0.469 e. The molecule has 0 aromatic heterocycles. The molecule has 2 aliphatic rings. The van der Waals surface area contributed by atoms with Gasteiger partial charge in [0.1, 0.15) is 0 Å². The van der Waals surface area contributed by atoms with Crippen LogP contribution in [0.25, 0.3) is 6.08 Å². The SMILES string of the molecule is COC(=O)C(CCN1CCC2(C=Cc3ccccc32)CC1)c1cccc(C)c1. The zero-order valence-corrected chi connectivity index (χ0v) is 16.9. The smallest absolute Gasteiger partial charge is 0.313 e. The van der Waals surface area contributed by atoms with Crippen molar-refractivity contribution in [1.82, 2.24) is 4.90 Å². The average Bonchev–Trinajstić information content (AvgIpc) is 3.08. The highest BCUT2D eigenvalue weighted by molar-refractivity contribution is 5.78. The third kappa shape index (κ3) is 3.64. The predicted molar refractivity (Wildman–Crippen MR) is 113 cm³/mol. The lowest BCUT2D eigenvalue weighted by molar-refractivity contribution is -0.142. The van der Waals surface area contributed by atoms with Crippen LogP contribution in [0, 0.1) is 6.92 Å². The molecule has 146 valence electrons. The van der Waals surface area contributed by atoms with Crippen LogP contribution in [0.4, 0.5) is 0 Å². The van der Waals surface area contributed by atoms with E-state index in [0.717, 1.165) is 44.5 Å². The molecule has 3 nitrogen and oxygen atoms in total. The van der Waals surface area contributed by atoms with Crippen molar-refractivity contribution in [3.05, 3.63) is 76.9 Å². The minimum atomic E-state index is -0.187. The van der Waals surface area contributed by atoms with Gasteiger partial charge in [0.25, 0.3) is 0 Å². The van der Waals surface area contributed by atoms with E-state index in [1.807, 2.05) is 12.1 Å². The van der Waals surface area contributed by atoms with Gasteiger partial charge < -0.3 is 9.64 Å². The molecule has 0 amide bonds. The van der Waals surface area contributed by atoms with E-state index in [1.54, 1.807) is 0 Å². The number of benzene rings is 2. The summed E-state index contributed by atoms with van der Waals surface area (Å²) in [4.78, 5) is 14.9. The lowest BCUT2D eigenvalue weighted by atomic mass is 9.74. The van der Waals surface area contributed by atoms with Crippen LogP contribution in [0.1, 0.15) is 47.4 Å². The normalized spacial score (nSPS) is 18.8. The number of hydrogen-bond acceptors (Lipinski definition) is 3. The largest absolute Gasteiger partial charge is 0.469 e. The average molecular weight is 376 g/mol. The number of carbonyl (C=O) groups is 1. The van der Waals surface area contributed by atoms with E-state index >= 15 is 0 Å². The number of aryl methyl sites for hydroxylation is 1. The minimum absolute atomic E-state index is 0.133. The molecular weight excluding hydrogens is 346 g/mol. The van der Waals surface area contributed by atoms with Crippen molar-refractivity contribution >= 4 is 12.0 Å². The first-order valence-electron chi connectivity index (χ1n) is 10.3. The molecule has 1 atom stereocenters. The highest BCUT2D eigenvalue weighted by Gasteiger charge is 2.37. The highest BCUT2D eigenvalue weighted by Crippen LogP contribution is 2.43. The van der Waals surface area contributed by atoms with Crippen molar-refractivity contribution in [2.24, 2.45) is 0 Å². The second-order valence-electron chi connectivity index (χ2n) is 8.20. The van der Waals surface area contributed by atoms with Crippen molar-refractivity contribution in [2.75, 3.05) is 26.7 Å². The van der Waals surface area contributed by atoms with Crippen molar-refractivity contribution in [1.29, 1.82) is 0 Å². The summed E-state index contributed by atoms with van der Waals surface area (Å²) < 4.78 is 5.10. The molecule has 0 N–H and O–H groups in total. The summed E-state index contributed by atoms with van der Waals surface area (Å²) in [6.45, 7) is 5.13. The summed E-state index contributed by atoms with van der Waals surface area (Å²) in [7, 11) is 1.49. The molecule has 2 aromatic rings. The van der Waals surface area contributed by atoms with Gasteiger partial charge in [-0.05, 0) is 62.5 Å². The fourth-order valence-corrected chi connectivity index (χ4v) is 4.81. The van der Waals surface area contributed by atoms with Gasteiger partial charge in [0.05, 0.1) is 13.0 Å². The first-order chi connectivity index (χ1) is 13.6. The number of likely N-dealkylation sites (tertiary alicyclic amines) is 1. The topological polar surface area (TPSA) is 29.5 Å². The molecule has 0 saturated carbocycles. The van der Waals surface area contributed by atoms with Crippen LogP contribution in [0.15, 0.2) is 54.6 Å². The lowest BCUT2D eigenvalue weighted by Gasteiger charge is -2.39. The molecule has 1 aliphatic carbocycles. The van der Waals surface area contributed by atoms with E-state index in [-0.39, 0.29) is 17.3 Å². The van der Waals surface area contributed by atoms with Crippen molar-refractivity contribution in [3.8, 4) is 0 Å². The molecule has 0 radical (unpaired) electrons. The van der Waals surface area contributed by atoms with Gasteiger partial charge in [-0.25, -0.2) is 0 Å². The van der Waals surface area contributed by atoms with E-state index in [2.05, 4.69) is 60.4 Å². The number of nitrogens with zero attached hydrogens (tertiary/aromatic N) is 1. The van der Waals surface area contributed by atoms with E-state index in [4.69, 9.17) is 4.74 Å². The van der Waals surface area contributed by atoms with Crippen LogP contribution >= 0.6 is 0 Å². The number of rotatable bonds is 5. The third-order valence-electron chi connectivity index (χ3n) is 6.49. The van der Waals surface area contributed by atoms with Gasteiger partial charge in [0, 0.05) is 5.41 Å². The molecule has 1 fully saturated rings. The number of hydrogen-bond donors (Lipinski definition) is 0. The maximum Gasteiger partial charge on any atom is 0.313 e. The van der Waals surface area contributed by atoms with Gasteiger partial charge in [0.15, 0.2) is 0 Å². The third-order valence-corrected chi connectivity index (χ3v) is 6.49. The van der Waals surface area contributed by atoms with Crippen molar-refractivity contribution < 1.29 is 9.53 Å². The molecule has 1 spiro atoms. The fraction of sp³-hybridized carbons (Fsp3) is 0.400. The van der Waals surface area contributed by atoms with Crippen LogP contribution in [-0.4, -0.2) is 37.6 Å². The number of carbonyl (C=O) groups excluding carboxylic acids is 1. The van der Waals surface area contributed by atoms with E-state index in [9.17, 15) is 4.79 Å². The zero-order valence-electron chi connectivity index (χ0n) is 16.9. The zero-order chi connectivity index (χ0) is 19.6. The van der Waals surface area contributed by atoms with Crippen LogP contribution in [0.2, 0.25) is 0 Å². The van der Waals surface area contributed by atoms with Gasteiger partial charge in [-0.15, -0.1) is 0 Å². The highest BCUT2D eigenvalue weighted by atomic mass is 16.5. The van der Waals surface area contributed by atoms with Crippen LogP contribution in [0.5, 0.6) is 0 Å². The molecule has 1 unspecified atom stereocenters. The van der Waals surface area contributed by atoms with Gasteiger partial charge in [-0.1, -0.05) is 66.2 Å². The summed E-state index contributed by atoms with van der Waals surface area (Å²) in [5.41, 5.74) is 5.32. The predicted octanol–water partition coefficient (Wildman–Crippen LogP) is 4.70. The molecule has 3 heteroatoms. The van der Waals surface area contributed by atoms with Crippen LogP contribution in [0.3, 0.4) is 0 Å². The Labute approximate surface area is 168 Å². The summed E-state index contributed by atoms with van der Waals surface area (Å²) in [6.07, 6.45) is 7.80. The maximum absolute atomic E-state index is 12.4. The summed E-state index contributed by atoms with van der Waals surface area (Å²) in [5.74, 6) is -0.320. The molecule has 1 saturated heterocycles. The number of piperidine rings is 1. The van der Waals surface area contributed by atoms with Crippen molar-refractivity contribution in [3.63, 3.8) is 0 Å². The summed E-state index contributed by atoms with van der Waals surface area (Å²) in [5, 5.41) is 0. The fourth-order valence-electron chi connectivity index (χ4n) is 4.81. The number of ether oxygens (including phenoxy) is 1. The number of esters is 1. The van der Waals surface area contributed by atoms with Gasteiger partial charge in [0.2, 0.25) is 0 Å². The summed E-state index contributed by atoms with van der Waals surface area (Å²) >= 11 is 0. The van der Waals surface area contributed by atoms with Gasteiger partial charge in [-0.3, -0.25) is 4.79 Å². The molecule has 28 heavy (non-hydrogen) atoms. The molecule has 1 heterocycles. The summed E-state index contributed by atoms with van der Waals surface area (Å²) in [6, 6.07) is 17.0. The quantitative estimate of drug-likeness (QED) is 0.709. The number of fused-ring (bicyclic) bond motifs is 2. The van der Waals surface area contributed by atoms with Crippen LogP contribution in [-0.2, 0) is 14.9 Å². The number of methoxy groups -OCH3 is 1. The Morgan fingerprint density at radius 1 is 1.14 bits per heavy atom. The van der Waals surface area contributed by atoms with Crippen LogP contribution < -0.4 is 0 Å². The Kier molecular flexibility index (Phi) is 5.36. The van der Waals surface area contributed by atoms with E-state index < -0.39 is 0 Å².